The summed E-state index contributed by atoms with van der Waals surface area (Å²) in [6.45, 7) is 3.63. The minimum atomic E-state index is -1.17. The molecule has 0 aliphatic carbocycles. The van der Waals surface area contributed by atoms with E-state index in [0.29, 0.717) is 6.42 Å². The second-order valence-electron chi connectivity index (χ2n) is 3.54. The third-order valence-electron chi connectivity index (χ3n) is 2.25. The van der Waals surface area contributed by atoms with Crippen molar-refractivity contribution < 1.29 is 10.2 Å². The summed E-state index contributed by atoms with van der Waals surface area (Å²) < 4.78 is 0. The Balaban J connectivity index is 3.60. The Kier molecular flexibility index (Phi) is 8.50. The lowest BCUT2D eigenvalue weighted by Gasteiger charge is -2.18. The maximum absolute atomic E-state index is 9.45. The Bertz CT molecular complexity index is 210. The third kappa shape index (κ3) is 6.57. The molecule has 0 unspecified atom stereocenters. The fourth-order valence-corrected chi connectivity index (χ4v) is 1.56. The van der Waals surface area contributed by atoms with Gasteiger partial charge in [0.25, 0.3) is 0 Å². The summed E-state index contributed by atoms with van der Waals surface area (Å²) in [4.78, 5) is 0. The van der Waals surface area contributed by atoms with Gasteiger partial charge in [0.15, 0.2) is 0 Å². The van der Waals surface area contributed by atoms with E-state index in [-0.39, 0.29) is 0 Å². The predicted molar refractivity (Wildman–Crippen MR) is 63.8 cm³/mol. The van der Waals surface area contributed by atoms with Crippen molar-refractivity contribution in [2.24, 2.45) is 0 Å². The summed E-state index contributed by atoms with van der Waals surface area (Å²) in [7, 11) is 0. The number of unbranched alkanes of at least 4 members (excludes halogenated alkanes) is 3. The zero-order chi connectivity index (χ0) is 11.7. The van der Waals surface area contributed by atoms with Crippen LogP contribution in [0, 0.1) is 12.3 Å². The SMILES string of the molecule is C#C[C@@H](O)[C@@H](O)[C@@H](Cl)CCCCCC=C. The van der Waals surface area contributed by atoms with Crippen molar-refractivity contribution in [2.45, 2.75) is 49.7 Å². The van der Waals surface area contributed by atoms with Gasteiger partial charge >= 0.3 is 0 Å². The molecule has 3 heteroatoms. The lowest BCUT2D eigenvalue weighted by molar-refractivity contribution is 0.0498. The molecule has 2 nitrogen and oxygen atoms in total. The number of aliphatic hydroxyl groups excluding tert-OH is 2. The average molecular weight is 231 g/mol. The predicted octanol–water partition coefficient (Wildman–Crippen LogP) is 2.09. The molecule has 86 valence electrons. The van der Waals surface area contributed by atoms with Gasteiger partial charge in [-0.05, 0) is 19.3 Å². The topological polar surface area (TPSA) is 40.5 Å². The lowest BCUT2D eigenvalue weighted by Crippen LogP contribution is -2.33. The molecule has 0 heterocycles. The first-order valence-electron chi connectivity index (χ1n) is 5.20. The Morgan fingerprint density at radius 2 is 2.00 bits per heavy atom. The maximum atomic E-state index is 9.45. The van der Waals surface area contributed by atoms with Crippen LogP contribution in [0.25, 0.3) is 0 Å². The van der Waals surface area contributed by atoms with Crippen molar-refractivity contribution in [3.05, 3.63) is 12.7 Å². The van der Waals surface area contributed by atoms with E-state index in [1.807, 2.05) is 6.08 Å². The van der Waals surface area contributed by atoms with E-state index >= 15 is 0 Å². The Morgan fingerprint density at radius 1 is 1.33 bits per heavy atom. The smallest absolute Gasteiger partial charge is 0.141 e. The van der Waals surface area contributed by atoms with E-state index in [2.05, 4.69) is 12.5 Å². The van der Waals surface area contributed by atoms with Gasteiger partial charge in [-0.15, -0.1) is 24.6 Å². The first-order valence-corrected chi connectivity index (χ1v) is 5.64. The summed E-state index contributed by atoms with van der Waals surface area (Å²) in [6, 6.07) is 0. The summed E-state index contributed by atoms with van der Waals surface area (Å²) in [6.07, 6.45) is 9.39. The van der Waals surface area contributed by atoms with Gasteiger partial charge in [-0.1, -0.05) is 24.8 Å². The molecule has 0 bridgehead atoms. The van der Waals surface area contributed by atoms with Gasteiger partial charge < -0.3 is 10.2 Å². The van der Waals surface area contributed by atoms with Crippen LogP contribution in [0.3, 0.4) is 0 Å². The molecule has 3 atom stereocenters. The normalized spacial score (nSPS) is 16.4. The molecule has 0 aromatic carbocycles. The quantitative estimate of drug-likeness (QED) is 0.290. The number of hydrogen-bond donors (Lipinski definition) is 2. The summed E-state index contributed by atoms with van der Waals surface area (Å²) >= 11 is 5.89. The minimum Gasteiger partial charge on any atom is -0.388 e. The van der Waals surface area contributed by atoms with Gasteiger partial charge in [-0.25, -0.2) is 0 Å². The second kappa shape index (κ2) is 8.79. The fourth-order valence-electron chi connectivity index (χ4n) is 1.27. The zero-order valence-electron chi connectivity index (χ0n) is 8.90. The molecule has 0 spiro atoms. The van der Waals surface area contributed by atoms with E-state index < -0.39 is 17.6 Å². The highest BCUT2D eigenvalue weighted by atomic mass is 35.5. The standard InChI is InChI=1S/C12H19ClO2/c1-3-5-6-7-8-9-10(13)12(15)11(14)4-2/h2-3,10-12,14-15H,1,5-9H2/t10-,11+,12-/m0/s1. The number of terminal acetylenes is 1. The van der Waals surface area contributed by atoms with Crippen molar-refractivity contribution in [3.63, 3.8) is 0 Å². The van der Waals surface area contributed by atoms with Crippen LogP contribution in [-0.2, 0) is 0 Å². The first-order chi connectivity index (χ1) is 7.13. The number of aliphatic hydroxyl groups is 2. The van der Waals surface area contributed by atoms with Gasteiger partial charge in [0, 0.05) is 0 Å². The van der Waals surface area contributed by atoms with Crippen LogP contribution >= 0.6 is 11.6 Å². The molecule has 0 fully saturated rings. The second-order valence-corrected chi connectivity index (χ2v) is 4.11. The van der Waals surface area contributed by atoms with Crippen molar-refractivity contribution in [2.75, 3.05) is 0 Å². The molecule has 0 aliphatic heterocycles. The first kappa shape index (κ1) is 14.5. The van der Waals surface area contributed by atoms with Crippen LogP contribution in [0.4, 0.5) is 0 Å². The molecule has 0 amide bonds. The van der Waals surface area contributed by atoms with E-state index in [1.165, 1.54) is 0 Å². The van der Waals surface area contributed by atoms with Crippen LogP contribution < -0.4 is 0 Å². The van der Waals surface area contributed by atoms with Gasteiger partial charge in [-0.2, -0.15) is 0 Å². The molecule has 0 saturated heterocycles. The molecule has 2 N–H and O–H groups in total. The Hall–Kier alpha value is -0.490. The Labute approximate surface area is 97.0 Å². The maximum Gasteiger partial charge on any atom is 0.141 e. The molecule has 15 heavy (non-hydrogen) atoms. The highest BCUT2D eigenvalue weighted by Crippen LogP contribution is 2.15. The minimum absolute atomic E-state index is 0.472. The van der Waals surface area contributed by atoms with Gasteiger partial charge in [0.2, 0.25) is 0 Å². The number of rotatable bonds is 8. The van der Waals surface area contributed by atoms with E-state index in [0.717, 1.165) is 25.7 Å². The Morgan fingerprint density at radius 3 is 2.53 bits per heavy atom. The van der Waals surface area contributed by atoms with Crippen LogP contribution in [0.15, 0.2) is 12.7 Å². The van der Waals surface area contributed by atoms with E-state index in [1.54, 1.807) is 0 Å². The molecule has 0 aliphatic rings. The van der Waals surface area contributed by atoms with Crippen LogP contribution in [0.2, 0.25) is 0 Å². The van der Waals surface area contributed by atoms with Gasteiger partial charge in [-0.3, -0.25) is 0 Å². The molecule has 0 saturated carbocycles. The van der Waals surface area contributed by atoms with Crippen molar-refractivity contribution in [3.8, 4) is 12.3 Å². The molecule has 0 aromatic rings. The summed E-state index contributed by atoms with van der Waals surface area (Å²) in [5, 5.41) is 18.1. The number of hydrogen-bond acceptors (Lipinski definition) is 2. The lowest BCUT2D eigenvalue weighted by atomic mass is 10.0. The largest absolute Gasteiger partial charge is 0.388 e. The summed E-state index contributed by atoms with van der Waals surface area (Å²) in [5.41, 5.74) is 0. The molecular formula is C12H19ClO2. The molecule has 0 radical (unpaired) electrons. The zero-order valence-corrected chi connectivity index (χ0v) is 9.66. The highest BCUT2D eigenvalue weighted by Gasteiger charge is 2.22. The number of allylic oxidation sites excluding steroid dienone is 1. The van der Waals surface area contributed by atoms with E-state index in [4.69, 9.17) is 23.1 Å². The fraction of sp³-hybridized carbons (Fsp3) is 0.667. The highest BCUT2D eigenvalue weighted by molar-refractivity contribution is 6.21. The molecule has 0 aromatic heterocycles. The van der Waals surface area contributed by atoms with Crippen molar-refractivity contribution >= 4 is 11.6 Å². The molecular weight excluding hydrogens is 212 g/mol. The van der Waals surface area contributed by atoms with Crippen LogP contribution in [0.5, 0.6) is 0 Å². The van der Waals surface area contributed by atoms with Crippen molar-refractivity contribution in [1.29, 1.82) is 0 Å². The van der Waals surface area contributed by atoms with Crippen LogP contribution in [0.1, 0.15) is 32.1 Å². The van der Waals surface area contributed by atoms with Gasteiger partial charge in [0.05, 0.1) is 5.38 Å². The van der Waals surface area contributed by atoms with Crippen molar-refractivity contribution in [1.82, 2.24) is 0 Å². The number of alkyl halides is 1. The molecule has 0 rings (SSSR count). The average Bonchev–Trinajstić information content (AvgIpc) is 2.26. The van der Waals surface area contributed by atoms with E-state index in [9.17, 15) is 5.11 Å². The number of halogens is 1. The monoisotopic (exact) mass is 230 g/mol. The van der Waals surface area contributed by atoms with Gasteiger partial charge in [0.1, 0.15) is 12.2 Å². The summed E-state index contributed by atoms with van der Waals surface area (Å²) in [5.74, 6) is 2.06. The third-order valence-corrected chi connectivity index (χ3v) is 2.73. The van der Waals surface area contributed by atoms with Crippen LogP contribution in [-0.4, -0.2) is 27.8 Å².